The van der Waals surface area contributed by atoms with Gasteiger partial charge in [0.05, 0.1) is 38.1 Å². The number of hydrogen-bond donors (Lipinski definition) is 1. The minimum atomic E-state index is -0.660. The van der Waals surface area contributed by atoms with Crippen LogP contribution in [0, 0.1) is 3.57 Å². The van der Waals surface area contributed by atoms with E-state index >= 15 is 0 Å². The van der Waals surface area contributed by atoms with Gasteiger partial charge in [-0.3, -0.25) is 4.79 Å². The lowest BCUT2D eigenvalue weighted by Crippen LogP contribution is -2.29. The van der Waals surface area contributed by atoms with Gasteiger partial charge in [-0.15, -0.1) is 0 Å². The van der Waals surface area contributed by atoms with E-state index in [1.54, 1.807) is 19.1 Å². The first-order valence-corrected chi connectivity index (χ1v) is 14.6. The number of benzene rings is 3. The van der Waals surface area contributed by atoms with Crippen LogP contribution in [0.3, 0.4) is 0 Å². The molecule has 40 heavy (non-hydrogen) atoms. The fourth-order valence-corrected chi connectivity index (χ4v) is 6.19. The maximum atomic E-state index is 13.8. The molecule has 5 rings (SSSR count). The number of allylic oxidation sites excluding steroid dienone is 2. The quantitative estimate of drug-likeness (QED) is 0.193. The molecule has 0 fully saturated rings. The van der Waals surface area contributed by atoms with Crippen molar-refractivity contribution in [3.63, 3.8) is 0 Å². The Kier molecular flexibility index (Phi) is 8.44. The van der Waals surface area contributed by atoms with Crippen LogP contribution in [0.25, 0.3) is 5.70 Å². The number of carbonyl (C=O) groups excluding carboxylic acids is 2. The van der Waals surface area contributed by atoms with Gasteiger partial charge >= 0.3 is 5.97 Å². The Balaban J connectivity index is 1.61. The Morgan fingerprint density at radius 2 is 1.73 bits per heavy atom. The van der Waals surface area contributed by atoms with Crippen LogP contribution in [0.1, 0.15) is 53.7 Å². The van der Waals surface area contributed by atoms with E-state index in [0.717, 1.165) is 20.3 Å². The number of carbonyl (C=O) groups is 2. The summed E-state index contributed by atoms with van der Waals surface area (Å²) in [5, 5.41) is 4.25. The number of ketones is 1. The van der Waals surface area contributed by atoms with Gasteiger partial charge in [0, 0.05) is 28.3 Å². The molecule has 0 unspecified atom stereocenters. The number of rotatable bonds is 8. The SMILES string of the molecule is CCOC(=O)C1=C(C)NC2=C(C(=O)c3ccccc32)[C@H]1c1cc(I)c(OCc2ccc(Cl)c(Cl)c2)c(OCC)c1. The van der Waals surface area contributed by atoms with Crippen molar-refractivity contribution < 1.29 is 23.8 Å². The van der Waals surface area contributed by atoms with Gasteiger partial charge in [0.15, 0.2) is 17.3 Å². The molecule has 0 spiro atoms. The van der Waals surface area contributed by atoms with Crippen LogP contribution in [0.15, 0.2) is 71.4 Å². The number of nitrogens with one attached hydrogen (secondary N) is 1. The van der Waals surface area contributed by atoms with Gasteiger partial charge in [-0.1, -0.05) is 53.5 Å². The summed E-state index contributed by atoms with van der Waals surface area (Å²) in [7, 11) is 0. The second-order valence-electron chi connectivity index (χ2n) is 9.28. The molecule has 1 aliphatic heterocycles. The van der Waals surface area contributed by atoms with Crippen LogP contribution in [-0.2, 0) is 16.1 Å². The molecule has 1 aliphatic carbocycles. The van der Waals surface area contributed by atoms with Crippen LogP contribution in [0.4, 0.5) is 0 Å². The van der Waals surface area contributed by atoms with Crippen LogP contribution >= 0.6 is 45.8 Å². The van der Waals surface area contributed by atoms with Crippen molar-refractivity contribution in [3.8, 4) is 11.5 Å². The van der Waals surface area contributed by atoms with Gasteiger partial charge in [0.1, 0.15) is 6.61 Å². The summed E-state index contributed by atoms with van der Waals surface area (Å²) >= 11 is 14.4. The lowest BCUT2D eigenvalue weighted by Gasteiger charge is -2.30. The first-order chi connectivity index (χ1) is 19.2. The molecule has 3 aromatic rings. The molecule has 0 amide bonds. The van der Waals surface area contributed by atoms with Gasteiger partial charge in [0.2, 0.25) is 0 Å². The fourth-order valence-electron chi connectivity index (χ4n) is 5.08. The summed E-state index contributed by atoms with van der Waals surface area (Å²) in [5.41, 5.74) is 5.25. The lowest BCUT2D eigenvalue weighted by molar-refractivity contribution is -0.138. The van der Waals surface area contributed by atoms with Crippen molar-refractivity contribution in [2.75, 3.05) is 13.2 Å². The third-order valence-electron chi connectivity index (χ3n) is 6.78. The number of dihydropyridines is 1. The van der Waals surface area contributed by atoms with Crippen LogP contribution in [0.2, 0.25) is 10.0 Å². The van der Waals surface area contributed by atoms with Gasteiger partial charge < -0.3 is 19.5 Å². The molecule has 2 aliphatic rings. The van der Waals surface area contributed by atoms with Gasteiger partial charge in [0.25, 0.3) is 0 Å². The average Bonchev–Trinajstić information content (AvgIpc) is 3.20. The maximum Gasteiger partial charge on any atom is 0.336 e. The molecule has 0 aromatic heterocycles. The Hall–Kier alpha value is -3.01. The standard InChI is InChI=1S/C31H26Cl2INO5/c1-4-38-24-14-18(13-23(34)30(24)40-15-17-10-11-21(32)22(33)12-17)26-25(31(37)39-5-2)16(3)35-28-19-8-6-7-9-20(19)29(36)27(26)28/h6-14,26,35H,4-5,15H2,1-3H3/t26-/m0/s1. The van der Waals surface area contributed by atoms with E-state index in [0.29, 0.717) is 56.3 Å². The maximum absolute atomic E-state index is 13.8. The second-order valence-corrected chi connectivity index (χ2v) is 11.3. The molecule has 1 atom stereocenters. The largest absolute Gasteiger partial charge is 0.490 e. The minimum absolute atomic E-state index is 0.120. The van der Waals surface area contributed by atoms with E-state index in [-0.39, 0.29) is 19.0 Å². The number of Topliss-reactive ketones (excluding diaryl/α,β-unsaturated/α-hetero) is 1. The highest BCUT2D eigenvalue weighted by atomic mass is 127. The number of fused-ring (bicyclic) bond motifs is 2. The fraction of sp³-hybridized carbons (Fsp3) is 0.226. The van der Waals surface area contributed by atoms with E-state index in [1.165, 1.54) is 0 Å². The molecular weight excluding hydrogens is 664 g/mol. The molecule has 206 valence electrons. The molecule has 6 nitrogen and oxygen atoms in total. The van der Waals surface area contributed by atoms with Gasteiger partial charge in [-0.2, -0.15) is 0 Å². The highest BCUT2D eigenvalue weighted by Crippen LogP contribution is 2.49. The van der Waals surface area contributed by atoms with Crippen LogP contribution in [0.5, 0.6) is 11.5 Å². The molecule has 0 bridgehead atoms. The monoisotopic (exact) mass is 689 g/mol. The van der Waals surface area contributed by atoms with Crippen molar-refractivity contribution in [2.24, 2.45) is 0 Å². The minimum Gasteiger partial charge on any atom is -0.490 e. The predicted molar refractivity (Wildman–Crippen MR) is 164 cm³/mol. The first-order valence-electron chi connectivity index (χ1n) is 12.8. The average molecular weight is 690 g/mol. The Morgan fingerprint density at radius 3 is 2.42 bits per heavy atom. The normalized spacial score (nSPS) is 15.9. The predicted octanol–water partition coefficient (Wildman–Crippen LogP) is 7.71. The van der Waals surface area contributed by atoms with Crippen molar-refractivity contribution >= 4 is 63.2 Å². The summed E-state index contributed by atoms with van der Waals surface area (Å²) in [6.45, 7) is 6.33. The zero-order valence-electron chi connectivity index (χ0n) is 22.1. The van der Waals surface area contributed by atoms with Crippen LogP contribution in [-0.4, -0.2) is 25.0 Å². The summed E-state index contributed by atoms with van der Waals surface area (Å²) in [6.07, 6.45) is 0. The van der Waals surface area contributed by atoms with E-state index in [1.807, 2.05) is 56.3 Å². The van der Waals surface area contributed by atoms with E-state index in [4.69, 9.17) is 37.4 Å². The first kappa shape index (κ1) is 28.5. The molecule has 1 N–H and O–H groups in total. The van der Waals surface area contributed by atoms with Crippen molar-refractivity contribution in [1.82, 2.24) is 5.32 Å². The Morgan fingerprint density at radius 1 is 0.975 bits per heavy atom. The summed E-state index contributed by atoms with van der Waals surface area (Å²) in [4.78, 5) is 27.1. The van der Waals surface area contributed by atoms with Gasteiger partial charge in [-0.05, 0) is 78.8 Å². The summed E-state index contributed by atoms with van der Waals surface area (Å²) < 4.78 is 18.5. The molecule has 0 saturated carbocycles. The van der Waals surface area contributed by atoms with Crippen molar-refractivity contribution in [3.05, 3.63) is 107 Å². The number of esters is 1. The van der Waals surface area contributed by atoms with Crippen LogP contribution < -0.4 is 14.8 Å². The highest BCUT2D eigenvalue weighted by molar-refractivity contribution is 14.1. The third kappa shape index (κ3) is 5.22. The topological polar surface area (TPSA) is 73.9 Å². The second kappa shape index (κ2) is 11.8. The van der Waals surface area contributed by atoms with Gasteiger partial charge in [-0.25, -0.2) is 4.79 Å². The zero-order chi connectivity index (χ0) is 28.6. The highest BCUT2D eigenvalue weighted by Gasteiger charge is 2.43. The third-order valence-corrected chi connectivity index (χ3v) is 8.32. The number of hydrogen-bond acceptors (Lipinski definition) is 6. The molecule has 1 heterocycles. The van der Waals surface area contributed by atoms with E-state index in [2.05, 4.69) is 27.9 Å². The van der Waals surface area contributed by atoms with Crippen molar-refractivity contribution in [1.29, 1.82) is 0 Å². The Labute approximate surface area is 256 Å². The zero-order valence-corrected chi connectivity index (χ0v) is 25.7. The Bertz CT molecular complexity index is 1600. The lowest BCUT2D eigenvalue weighted by atomic mass is 9.79. The molecule has 0 saturated heterocycles. The summed E-state index contributed by atoms with van der Waals surface area (Å²) in [6, 6.07) is 16.6. The van der Waals surface area contributed by atoms with E-state index in [9.17, 15) is 9.59 Å². The smallest absolute Gasteiger partial charge is 0.336 e. The molecule has 0 radical (unpaired) electrons. The van der Waals surface area contributed by atoms with E-state index < -0.39 is 11.9 Å². The molecular formula is C31H26Cl2INO5. The number of ether oxygens (including phenoxy) is 3. The van der Waals surface area contributed by atoms with Crippen molar-refractivity contribution in [2.45, 2.75) is 33.3 Å². The molecule has 9 heteroatoms. The number of halogens is 3. The molecule has 3 aromatic carbocycles. The summed E-state index contributed by atoms with van der Waals surface area (Å²) in [5.74, 6) is -0.188.